The second kappa shape index (κ2) is 9.76. The van der Waals surface area contributed by atoms with E-state index in [2.05, 4.69) is 30.7 Å². The molecule has 0 fully saturated rings. The van der Waals surface area contributed by atoms with E-state index >= 15 is 0 Å². The van der Waals surface area contributed by atoms with Gasteiger partial charge in [-0.05, 0) is 42.8 Å². The van der Waals surface area contributed by atoms with E-state index in [0.29, 0.717) is 41.6 Å². The van der Waals surface area contributed by atoms with E-state index in [4.69, 9.17) is 10.3 Å². The third kappa shape index (κ3) is 4.63. The summed E-state index contributed by atoms with van der Waals surface area (Å²) in [5, 5.41) is 10.1. The molecule has 1 aliphatic rings. The number of amides is 2. The molecule has 5 aromatic rings. The van der Waals surface area contributed by atoms with Gasteiger partial charge in [0, 0.05) is 38.2 Å². The van der Waals surface area contributed by atoms with Gasteiger partial charge in [-0.15, -0.1) is 11.3 Å². The number of hydrogen-bond donors (Lipinski definition) is 3. The molecule has 4 N–H and O–H groups in total. The number of pyridine rings is 1. The first kappa shape index (κ1) is 24.4. The number of hydrogen-bond acceptors (Lipinski definition) is 10. The first-order chi connectivity index (χ1) is 18.9. The fourth-order valence-electron chi connectivity index (χ4n) is 4.65. The van der Waals surface area contributed by atoms with Crippen LogP contribution in [-0.4, -0.2) is 36.5 Å². The second-order valence-corrected chi connectivity index (χ2v) is 10.4. The minimum absolute atomic E-state index is 0.00813. The Morgan fingerprint density at radius 1 is 1.15 bits per heavy atom. The number of anilines is 2. The molecule has 12 nitrogen and oxygen atoms in total. The van der Waals surface area contributed by atoms with Gasteiger partial charge in [0.15, 0.2) is 6.33 Å². The summed E-state index contributed by atoms with van der Waals surface area (Å²) in [6, 6.07) is 9.51. The molecule has 0 saturated carbocycles. The fourth-order valence-corrected chi connectivity index (χ4v) is 5.67. The molecule has 0 aliphatic carbocycles. The Morgan fingerprint density at radius 3 is 2.74 bits per heavy atom. The van der Waals surface area contributed by atoms with Crippen molar-refractivity contribution < 1.29 is 14.1 Å². The molecule has 13 heteroatoms. The lowest BCUT2D eigenvalue weighted by atomic mass is 10.1. The zero-order valence-electron chi connectivity index (χ0n) is 20.6. The molecule has 1 aromatic carbocycles. The summed E-state index contributed by atoms with van der Waals surface area (Å²) in [6.45, 7) is 2.22. The van der Waals surface area contributed by atoms with Crippen molar-refractivity contribution in [3.8, 4) is 11.5 Å². The number of thiophene rings is 1. The number of nitrogens with two attached hydrogens (primary N) is 1. The number of nitrogens with one attached hydrogen (secondary N) is 2. The normalized spacial score (nSPS) is 16.2. The van der Waals surface area contributed by atoms with Crippen molar-refractivity contribution in [2.24, 2.45) is 0 Å². The SMILES string of the molecule is C[C@@H]1C[C@@H](C(=O)NCc2cc3cnc(N)cc3s2)n2c1ncc(NC(=O)c1ccc(-c3ncno3)cc1)c2=O. The molecule has 6 rings (SSSR count). The van der Waals surface area contributed by atoms with E-state index in [-0.39, 0.29) is 17.5 Å². The van der Waals surface area contributed by atoms with Crippen molar-refractivity contribution in [2.75, 3.05) is 11.1 Å². The van der Waals surface area contributed by atoms with Gasteiger partial charge in [-0.25, -0.2) is 9.97 Å². The zero-order valence-corrected chi connectivity index (χ0v) is 21.4. The monoisotopic (exact) mass is 542 g/mol. The van der Waals surface area contributed by atoms with E-state index in [0.717, 1.165) is 15.0 Å². The molecule has 0 bridgehead atoms. The van der Waals surface area contributed by atoms with E-state index in [1.54, 1.807) is 36.5 Å². The summed E-state index contributed by atoms with van der Waals surface area (Å²) in [7, 11) is 0. The molecule has 0 saturated heterocycles. The molecule has 39 heavy (non-hydrogen) atoms. The smallest absolute Gasteiger partial charge is 0.278 e. The Bertz CT molecular complexity index is 1760. The molecule has 0 unspecified atom stereocenters. The van der Waals surface area contributed by atoms with E-state index in [9.17, 15) is 14.4 Å². The molecule has 4 aromatic heterocycles. The first-order valence-electron chi connectivity index (χ1n) is 12.1. The molecule has 2 amide bonds. The van der Waals surface area contributed by atoms with E-state index < -0.39 is 17.5 Å². The predicted molar refractivity (Wildman–Crippen MR) is 144 cm³/mol. The van der Waals surface area contributed by atoms with Gasteiger partial charge in [0.1, 0.15) is 23.4 Å². The van der Waals surface area contributed by atoms with Crippen LogP contribution in [0.5, 0.6) is 0 Å². The molecule has 2 atom stereocenters. The van der Waals surface area contributed by atoms with Crippen LogP contribution in [-0.2, 0) is 11.3 Å². The number of fused-ring (bicyclic) bond motifs is 2. The Balaban J connectivity index is 1.18. The average Bonchev–Trinajstić information content (AvgIpc) is 3.68. The van der Waals surface area contributed by atoms with Crippen molar-refractivity contribution in [1.82, 2.24) is 30.0 Å². The molecular formula is C26H22N8O4S. The lowest BCUT2D eigenvalue weighted by molar-refractivity contribution is -0.124. The van der Waals surface area contributed by atoms with Gasteiger partial charge in [-0.2, -0.15) is 4.98 Å². The Hall–Kier alpha value is -4.91. The minimum atomic E-state index is -0.743. The average molecular weight is 543 g/mol. The second-order valence-electron chi connectivity index (χ2n) is 9.21. The maximum Gasteiger partial charge on any atom is 0.278 e. The lowest BCUT2D eigenvalue weighted by Gasteiger charge is -2.15. The highest BCUT2D eigenvalue weighted by molar-refractivity contribution is 7.19. The van der Waals surface area contributed by atoms with Gasteiger partial charge in [0.05, 0.1) is 12.7 Å². The van der Waals surface area contributed by atoms with Gasteiger partial charge in [-0.3, -0.25) is 19.0 Å². The van der Waals surface area contributed by atoms with Crippen molar-refractivity contribution in [1.29, 1.82) is 0 Å². The number of nitrogens with zero attached hydrogens (tertiary/aromatic N) is 5. The van der Waals surface area contributed by atoms with Gasteiger partial charge < -0.3 is 20.9 Å². The van der Waals surface area contributed by atoms with Crippen LogP contribution in [0.3, 0.4) is 0 Å². The Kier molecular flexibility index (Phi) is 6.11. The lowest BCUT2D eigenvalue weighted by Crippen LogP contribution is -2.36. The van der Waals surface area contributed by atoms with Crippen LogP contribution in [0.2, 0.25) is 0 Å². The number of carbonyl (C=O) groups excluding carboxylic acids is 2. The Labute approximate surface area is 224 Å². The highest BCUT2D eigenvalue weighted by Gasteiger charge is 2.35. The van der Waals surface area contributed by atoms with Crippen molar-refractivity contribution in [2.45, 2.75) is 31.8 Å². The molecule has 5 heterocycles. The molecule has 0 spiro atoms. The highest BCUT2D eigenvalue weighted by Crippen LogP contribution is 2.34. The number of aromatic nitrogens is 5. The molecule has 1 aliphatic heterocycles. The summed E-state index contributed by atoms with van der Waals surface area (Å²) in [5.41, 5.74) is 6.25. The maximum atomic E-state index is 13.4. The summed E-state index contributed by atoms with van der Waals surface area (Å²) in [4.78, 5) is 52.9. The van der Waals surface area contributed by atoms with Gasteiger partial charge in [0.2, 0.25) is 5.91 Å². The first-order valence-corrected chi connectivity index (χ1v) is 12.9. The van der Waals surface area contributed by atoms with Crippen molar-refractivity contribution >= 4 is 44.7 Å². The van der Waals surface area contributed by atoms with Crippen LogP contribution in [0.15, 0.2) is 64.4 Å². The van der Waals surface area contributed by atoms with Crippen LogP contribution in [0.4, 0.5) is 11.5 Å². The van der Waals surface area contributed by atoms with Gasteiger partial charge in [0.25, 0.3) is 17.4 Å². The molecule has 196 valence electrons. The van der Waals surface area contributed by atoms with Crippen LogP contribution >= 0.6 is 11.3 Å². The van der Waals surface area contributed by atoms with Crippen LogP contribution in [0.25, 0.3) is 21.5 Å². The molecular weight excluding hydrogens is 520 g/mol. The summed E-state index contributed by atoms with van der Waals surface area (Å²) in [6.07, 6.45) is 4.75. The summed E-state index contributed by atoms with van der Waals surface area (Å²) < 4.78 is 7.38. The van der Waals surface area contributed by atoms with Crippen molar-refractivity contribution in [3.63, 3.8) is 0 Å². The predicted octanol–water partition coefficient (Wildman–Crippen LogP) is 3.10. The number of rotatable bonds is 6. The molecule has 0 radical (unpaired) electrons. The van der Waals surface area contributed by atoms with Crippen LogP contribution < -0.4 is 21.9 Å². The number of carbonyl (C=O) groups is 2. The largest absolute Gasteiger partial charge is 0.384 e. The minimum Gasteiger partial charge on any atom is -0.384 e. The maximum absolute atomic E-state index is 13.4. The van der Waals surface area contributed by atoms with Gasteiger partial charge in [-0.1, -0.05) is 12.1 Å². The third-order valence-electron chi connectivity index (χ3n) is 6.57. The van der Waals surface area contributed by atoms with Crippen molar-refractivity contribution in [3.05, 3.63) is 81.7 Å². The zero-order chi connectivity index (χ0) is 27.1. The number of benzene rings is 1. The summed E-state index contributed by atoms with van der Waals surface area (Å²) >= 11 is 1.52. The fraction of sp³-hybridized carbons (Fsp3) is 0.192. The standard InChI is InChI=1S/C26H22N8O4S/c1-13-6-19(24(36)30-10-17-7-16-9-28-21(27)8-20(16)39-17)34-22(13)29-11-18(26(34)37)33-23(35)14-2-4-15(5-3-14)25-31-12-32-38-25/h2-5,7-9,11-13,19H,6,10H2,1H3,(H2,27,28)(H,30,36)(H,33,35)/t13-,19+/m1/s1. The number of nitrogen functional groups attached to an aromatic ring is 1. The van der Waals surface area contributed by atoms with Crippen LogP contribution in [0.1, 0.15) is 46.4 Å². The Morgan fingerprint density at radius 2 is 1.97 bits per heavy atom. The van der Waals surface area contributed by atoms with E-state index in [1.807, 2.05) is 13.0 Å². The third-order valence-corrected chi connectivity index (χ3v) is 7.67. The quantitative estimate of drug-likeness (QED) is 0.292. The van der Waals surface area contributed by atoms with E-state index in [1.165, 1.54) is 28.4 Å². The highest BCUT2D eigenvalue weighted by atomic mass is 32.1. The van der Waals surface area contributed by atoms with Gasteiger partial charge >= 0.3 is 0 Å². The summed E-state index contributed by atoms with van der Waals surface area (Å²) in [5.74, 6) is 0.389. The van der Waals surface area contributed by atoms with Crippen LogP contribution in [0, 0.1) is 0 Å². The topological polar surface area (TPSA) is 171 Å².